The van der Waals surface area contributed by atoms with Crippen molar-refractivity contribution in [2.45, 2.75) is 30.9 Å². The van der Waals surface area contributed by atoms with Crippen molar-refractivity contribution in [3.05, 3.63) is 28.8 Å². The average molecular weight is 326 g/mol. The van der Waals surface area contributed by atoms with Crippen LogP contribution in [0.25, 0.3) is 0 Å². The van der Waals surface area contributed by atoms with Crippen LogP contribution in [-0.4, -0.2) is 44.5 Å². The fraction of sp³-hybridized carbons (Fsp3) is 0.562. The lowest BCUT2D eigenvalue weighted by atomic mass is 9.89. The Morgan fingerprint density at radius 3 is 3.05 bits per heavy atom. The lowest BCUT2D eigenvalue weighted by Crippen LogP contribution is -2.49. The van der Waals surface area contributed by atoms with Crippen molar-refractivity contribution in [1.82, 2.24) is 5.32 Å². The van der Waals surface area contributed by atoms with Crippen molar-refractivity contribution in [2.24, 2.45) is 0 Å². The minimum atomic E-state index is -0.222. The number of carbonyl (C=O) groups is 1. The van der Waals surface area contributed by atoms with E-state index < -0.39 is 0 Å². The molecular formula is C16H20ClNO4. The zero-order valence-electron chi connectivity index (χ0n) is 12.6. The Bertz CT molecular complexity index is 557. The van der Waals surface area contributed by atoms with Crippen LogP contribution in [0.1, 0.15) is 29.6 Å². The fourth-order valence-electron chi connectivity index (χ4n) is 3.13. The predicted octanol–water partition coefficient (Wildman–Crippen LogP) is 2.42. The lowest BCUT2D eigenvalue weighted by molar-refractivity contribution is -0.0881. The Kier molecular flexibility index (Phi) is 4.57. The molecule has 1 aromatic rings. The third-order valence-electron chi connectivity index (χ3n) is 4.30. The van der Waals surface area contributed by atoms with Crippen molar-refractivity contribution < 1.29 is 19.0 Å². The number of nitrogens with one attached hydrogen (secondary N) is 1. The highest BCUT2D eigenvalue weighted by molar-refractivity contribution is 6.30. The second-order valence-electron chi connectivity index (χ2n) is 5.84. The molecule has 3 rings (SSSR count). The molecule has 22 heavy (non-hydrogen) atoms. The molecule has 1 amide bonds. The number of carbonyl (C=O) groups excluding carboxylic acids is 1. The van der Waals surface area contributed by atoms with Gasteiger partial charge in [-0.1, -0.05) is 11.6 Å². The summed E-state index contributed by atoms with van der Waals surface area (Å²) < 4.78 is 16.6. The number of hydrogen-bond acceptors (Lipinski definition) is 4. The number of methoxy groups -OCH3 is 1. The molecule has 2 saturated heterocycles. The van der Waals surface area contributed by atoms with E-state index in [1.54, 1.807) is 18.2 Å². The molecule has 2 heterocycles. The molecule has 2 fully saturated rings. The molecule has 2 unspecified atom stereocenters. The van der Waals surface area contributed by atoms with Gasteiger partial charge in [-0.2, -0.15) is 0 Å². The summed E-state index contributed by atoms with van der Waals surface area (Å²) in [6.07, 6.45) is 2.49. The summed E-state index contributed by atoms with van der Waals surface area (Å²) in [5.41, 5.74) is 0.274. The van der Waals surface area contributed by atoms with E-state index in [2.05, 4.69) is 5.32 Å². The molecule has 0 bridgehead atoms. The van der Waals surface area contributed by atoms with Crippen LogP contribution < -0.4 is 10.1 Å². The Labute approximate surface area is 134 Å². The monoisotopic (exact) mass is 325 g/mol. The van der Waals surface area contributed by atoms with Crippen molar-refractivity contribution in [1.29, 1.82) is 0 Å². The molecular weight excluding hydrogens is 306 g/mol. The number of halogens is 1. The van der Waals surface area contributed by atoms with Gasteiger partial charge >= 0.3 is 0 Å². The zero-order chi connectivity index (χ0) is 15.6. The molecule has 0 radical (unpaired) electrons. The summed E-state index contributed by atoms with van der Waals surface area (Å²) >= 11 is 5.93. The Morgan fingerprint density at radius 1 is 1.45 bits per heavy atom. The summed E-state index contributed by atoms with van der Waals surface area (Å²) in [4.78, 5) is 12.5. The minimum absolute atomic E-state index is 0.0864. The van der Waals surface area contributed by atoms with Gasteiger partial charge in [0, 0.05) is 30.7 Å². The van der Waals surface area contributed by atoms with Crippen LogP contribution in [-0.2, 0) is 9.47 Å². The molecule has 1 aromatic carbocycles. The number of amides is 1. The Morgan fingerprint density at radius 2 is 2.32 bits per heavy atom. The third kappa shape index (κ3) is 3.21. The van der Waals surface area contributed by atoms with E-state index in [0.29, 0.717) is 29.5 Å². The smallest absolute Gasteiger partial charge is 0.255 e. The molecule has 120 valence electrons. The van der Waals surface area contributed by atoms with Crippen LogP contribution >= 0.6 is 11.6 Å². The number of hydrogen-bond donors (Lipinski definition) is 1. The SMILES string of the molecule is COc1cc(Cl)ccc1C(=O)NC1CCOC2(CCOC2)C1. The molecule has 6 heteroatoms. The third-order valence-corrected chi connectivity index (χ3v) is 4.54. The van der Waals surface area contributed by atoms with Crippen LogP contribution in [0.5, 0.6) is 5.75 Å². The highest BCUT2D eigenvalue weighted by atomic mass is 35.5. The first kappa shape index (κ1) is 15.6. The van der Waals surface area contributed by atoms with Crippen molar-refractivity contribution in [2.75, 3.05) is 26.9 Å². The molecule has 1 N–H and O–H groups in total. The quantitative estimate of drug-likeness (QED) is 0.927. The summed E-state index contributed by atoms with van der Waals surface area (Å²) in [5.74, 6) is 0.338. The topological polar surface area (TPSA) is 56.8 Å². The first-order valence-electron chi connectivity index (χ1n) is 7.48. The highest BCUT2D eigenvalue weighted by Gasteiger charge is 2.41. The fourth-order valence-corrected chi connectivity index (χ4v) is 3.29. The highest BCUT2D eigenvalue weighted by Crippen LogP contribution is 2.33. The van der Waals surface area contributed by atoms with Crippen LogP contribution in [0.3, 0.4) is 0 Å². The summed E-state index contributed by atoms with van der Waals surface area (Å²) in [5, 5.41) is 3.63. The van der Waals surface area contributed by atoms with E-state index in [4.69, 9.17) is 25.8 Å². The summed E-state index contributed by atoms with van der Waals surface area (Å²) in [6.45, 7) is 1.99. The van der Waals surface area contributed by atoms with Crippen LogP contribution in [0.15, 0.2) is 18.2 Å². The molecule has 5 nitrogen and oxygen atoms in total. The van der Waals surface area contributed by atoms with Gasteiger partial charge in [-0.15, -0.1) is 0 Å². The number of rotatable bonds is 3. The van der Waals surface area contributed by atoms with Gasteiger partial charge in [-0.05, 0) is 31.0 Å². The first-order valence-corrected chi connectivity index (χ1v) is 7.86. The maximum atomic E-state index is 12.5. The van der Waals surface area contributed by atoms with Gasteiger partial charge in [0.25, 0.3) is 5.91 Å². The van der Waals surface area contributed by atoms with E-state index >= 15 is 0 Å². The molecule has 0 aliphatic carbocycles. The minimum Gasteiger partial charge on any atom is -0.496 e. The van der Waals surface area contributed by atoms with Crippen LogP contribution in [0.2, 0.25) is 5.02 Å². The largest absolute Gasteiger partial charge is 0.496 e. The Balaban J connectivity index is 1.69. The maximum Gasteiger partial charge on any atom is 0.255 e. The summed E-state index contributed by atoms with van der Waals surface area (Å²) in [7, 11) is 1.53. The molecule has 0 aromatic heterocycles. The van der Waals surface area contributed by atoms with Crippen molar-refractivity contribution >= 4 is 17.5 Å². The van der Waals surface area contributed by atoms with Gasteiger partial charge in [0.1, 0.15) is 5.75 Å². The number of ether oxygens (including phenoxy) is 3. The van der Waals surface area contributed by atoms with Crippen LogP contribution in [0, 0.1) is 0 Å². The second kappa shape index (κ2) is 6.44. The van der Waals surface area contributed by atoms with Gasteiger partial charge in [-0.25, -0.2) is 0 Å². The standard InChI is InChI=1S/C16H20ClNO4/c1-20-14-8-11(17)2-3-13(14)15(19)18-12-4-6-22-16(9-12)5-7-21-10-16/h2-3,8,12H,4-7,9-10H2,1H3,(H,18,19). The van der Waals surface area contributed by atoms with Crippen molar-refractivity contribution in [3.8, 4) is 5.75 Å². The van der Waals surface area contributed by atoms with Gasteiger partial charge < -0.3 is 19.5 Å². The van der Waals surface area contributed by atoms with Crippen LogP contribution in [0.4, 0.5) is 0 Å². The molecule has 2 atom stereocenters. The van der Waals surface area contributed by atoms with Gasteiger partial charge in [0.05, 0.1) is 24.9 Å². The number of benzene rings is 1. The molecule has 1 spiro atoms. The maximum absolute atomic E-state index is 12.5. The first-order chi connectivity index (χ1) is 10.6. The zero-order valence-corrected chi connectivity index (χ0v) is 13.3. The second-order valence-corrected chi connectivity index (χ2v) is 6.28. The van der Waals surface area contributed by atoms with Gasteiger partial charge in [0.2, 0.25) is 0 Å². The molecule has 2 aliphatic heterocycles. The van der Waals surface area contributed by atoms with Crippen molar-refractivity contribution in [3.63, 3.8) is 0 Å². The summed E-state index contributed by atoms with van der Waals surface area (Å²) in [6, 6.07) is 5.11. The normalized spacial score (nSPS) is 27.8. The molecule has 2 aliphatic rings. The Hall–Kier alpha value is -1.30. The van der Waals surface area contributed by atoms with E-state index in [0.717, 1.165) is 25.9 Å². The molecule has 0 saturated carbocycles. The van der Waals surface area contributed by atoms with Gasteiger partial charge in [0.15, 0.2) is 0 Å². The van der Waals surface area contributed by atoms with E-state index in [1.807, 2.05) is 0 Å². The average Bonchev–Trinajstić information content (AvgIpc) is 2.94. The van der Waals surface area contributed by atoms with E-state index in [9.17, 15) is 4.79 Å². The van der Waals surface area contributed by atoms with E-state index in [1.165, 1.54) is 7.11 Å². The predicted molar refractivity (Wildman–Crippen MR) is 82.6 cm³/mol. The lowest BCUT2D eigenvalue weighted by Gasteiger charge is -2.37. The van der Waals surface area contributed by atoms with Gasteiger partial charge in [-0.3, -0.25) is 4.79 Å². The van der Waals surface area contributed by atoms with E-state index in [-0.39, 0.29) is 17.6 Å².